The van der Waals surface area contributed by atoms with Crippen LogP contribution in [0.3, 0.4) is 0 Å². The molecule has 2 heterocycles. The first-order chi connectivity index (χ1) is 8.62. The Morgan fingerprint density at radius 2 is 1.39 bits per heavy atom. The van der Waals surface area contributed by atoms with Gasteiger partial charge in [-0.15, -0.1) is 0 Å². The third-order valence-electron chi connectivity index (χ3n) is 3.63. The highest BCUT2D eigenvalue weighted by Gasteiger charge is 2.35. The fourth-order valence-corrected chi connectivity index (χ4v) is 2.34. The minimum absolute atomic E-state index is 0.105. The molecule has 0 radical (unpaired) electrons. The Hall–Kier alpha value is -0.160. The largest absolute Gasteiger partial charge is 0.396 e. The maximum Gasteiger partial charge on any atom is 0.0522 e. The van der Waals surface area contributed by atoms with E-state index in [9.17, 15) is 0 Å². The summed E-state index contributed by atoms with van der Waals surface area (Å²) in [4.78, 5) is 4.49. The van der Waals surface area contributed by atoms with Crippen molar-refractivity contribution in [1.29, 1.82) is 0 Å². The molecule has 0 amide bonds. The van der Waals surface area contributed by atoms with Gasteiger partial charge in [0.1, 0.15) is 0 Å². The van der Waals surface area contributed by atoms with Gasteiger partial charge in [0.05, 0.1) is 13.2 Å². The lowest BCUT2D eigenvalue weighted by Gasteiger charge is -2.22. The van der Waals surface area contributed by atoms with Crippen molar-refractivity contribution in [2.75, 3.05) is 53.5 Å². The summed E-state index contributed by atoms with van der Waals surface area (Å²) in [5.74, 6) is 0. The Labute approximate surface area is 113 Å². The Morgan fingerprint density at radius 1 is 0.889 bits per heavy atom. The molecule has 2 fully saturated rings. The lowest BCUT2D eigenvalue weighted by atomic mass is 9.90. The second-order valence-electron chi connectivity index (χ2n) is 5.31. The van der Waals surface area contributed by atoms with Crippen LogP contribution in [0, 0.1) is 5.41 Å². The van der Waals surface area contributed by atoms with Crippen molar-refractivity contribution in [2.24, 2.45) is 5.41 Å². The minimum atomic E-state index is -0.214. The van der Waals surface area contributed by atoms with Crippen LogP contribution in [-0.4, -0.2) is 73.5 Å². The van der Waals surface area contributed by atoms with Crippen LogP contribution in [0.15, 0.2) is 0 Å². The Morgan fingerprint density at radius 3 is 1.56 bits per heavy atom. The molecule has 110 valence electrons. The van der Waals surface area contributed by atoms with Crippen molar-refractivity contribution in [2.45, 2.75) is 33.1 Å². The van der Waals surface area contributed by atoms with Crippen molar-refractivity contribution in [1.82, 2.24) is 9.80 Å². The smallest absolute Gasteiger partial charge is 0.0522 e. The van der Waals surface area contributed by atoms with E-state index in [2.05, 4.69) is 16.8 Å². The molecule has 0 spiro atoms. The number of aliphatic hydroxyl groups excluding tert-OH is 2. The van der Waals surface area contributed by atoms with Crippen molar-refractivity contribution < 1.29 is 10.2 Å². The van der Waals surface area contributed by atoms with Gasteiger partial charge in [0, 0.05) is 12.0 Å². The van der Waals surface area contributed by atoms with Crippen molar-refractivity contribution in [3.05, 3.63) is 0 Å². The predicted molar refractivity (Wildman–Crippen MR) is 76.8 cm³/mol. The molecule has 4 heteroatoms. The summed E-state index contributed by atoms with van der Waals surface area (Å²) in [6, 6.07) is 0. The molecule has 0 aromatic heterocycles. The predicted octanol–water partition coefficient (Wildman–Crippen LogP) is 1.03. The van der Waals surface area contributed by atoms with Gasteiger partial charge in [-0.2, -0.15) is 0 Å². The van der Waals surface area contributed by atoms with E-state index in [1.807, 2.05) is 20.9 Å². The summed E-state index contributed by atoms with van der Waals surface area (Å²) < 4.78 is 0. The van der Waals surface area contributed by atoms with Gasteiger partial charge in [0.15, 0.2) is 0 Å². The third-order valence-corrected chi connectivity index (χ3v) is 3.63. The molecular weight excluding hydrogens is 228 g/mol. The van der Waals surface area contributed by atoms with Gasteiger partial charge in [-0.1, -0.05) is 13.8 Å². The van der Waals surface area contributed by atoms with Gasteiger partial charge in [-0.25, -0.2) is 0 Å². The first kappa shape index (κ1) is 17.8. The lowest BCUT2D eigenvalue weighted by molar-refractivity contribution is 0.0636. The van der Waals surface area contributed by atoms with E-state index in [4.69, 9.17) is 10.2 Å². The second-order valence-corrected chi connectivity index (χ2v) is 5.31. The highest BCUT2D eigenvalue weighted by atomic mass is 16.3. The number of likely N-dealkylation sites (tertiary alicyclic amines) is 2. The molecule has 2 N–H and O–H groups in total. The minimum Gasteiger partial charge on any atom is -0.396 e. The lowest BCUT2D eigenvalue weighted by Crippen LogP contribution is -2.32. The highest BCUT2D eigenvalue weighted by molar-refractivity contribution is 4.87. The Bertz CT molecular complexity index is 190. The number of hydrogen-bond donors (Lipinski definition) is 2. The van der Waals surface area contributed by atoms with Crippen molar-refractivity contribution in [3.63, 3.8) is 0 Å². The number of aliphatic hydroxyl groups is 2. The number of rotatable bonds is 2. The zero-order valence-electron chi connectivity index (χ0n) is 12.7. The van der Waals surface area contributed by atoms with E-state index in [0.717, 1.165) is 19.5 Å². The molecule has 2 aliphatic rings. The maximum absolute atomic E-state index is 8.95. The van der Waals surface area contributed by atoms with E-state index < -0.39 is 0 Å². The fraction of sp³-hybridized carbons (Fsp3) is 1.00. The van der Waals surface area contributed by atoms with E-state index in [0.29, 0.717) is 0 Å². The topological polar surface area (TPSA) is 46.9 Å². The van der Waals surface area contributed by atoms with Crippen LogP contribution in [-0.2, 0) is 0 Å². The molecular formula is C14H32N2O2. The molecule has 0 bridgehead atoms. The Balaban J connectivity index is 0.000000308. The molecule has 4 nitrogen and oxygen atoms in total. The molecule has 0 unspecified atom stereocenters. The molecule has 0 aliphatic carbocycles. The number of nitrogens with zero attached hydrogens (tertiary/aromatic N) is 2. The quantitative estimate of drug-likeness (QED) is 0.778. The van der Waals surface area contributed by atoms with Crippen LogP contribution >= 0.6 is 0 Å². The van der Waals surface area contributed by atoms with E-state index in [-0.39, 0.29) is 18.6 Å². The van der Waals surface area contributed by atoms with Gasteiger partial charge < -0.3 is 20.0 Å². The summed E-state index contributed by atoms with van der Waals surface area (Å²) in [6.07, 6.45) is 3.74. The highest BCUT2D eigenvalue weighted by Crippen LogP contribution is 2.27. The van der Waals surface area contributed by atoms with Crippen molar-refractivity contribution in [3.8, 4) is 0 Å². The van der Waals surface area contributed by atoms with Crippen LogP contribution in [0.2, 0.25) is 0 Å². The molecule has 0 atom stereocenters. The third kappa shape index (κ3) is 6.14. The van der Waals surface area contributed by atoms with Crippen molar-refractivity contribution >= 4 is 0 Å². The zero-order chi connectivity index (χ0) is 14.0. The van der Waals surface area contributed by atoms with E-state index >= 15 is 0 Å². The van der Waals surface area contributed by atoms with Gasteiger partial charge in [0.2, 0.25) is 0 Å². The fourth-order valence-electron chi connectivity index (χ4n) is 2.34. The standard InChI is InChI=1S/C7H15NO2.C5H11N.C2H6/c1-8-3-2-7(4-8,5-9)6-10;1-6-4-2-3-5-6;1-2/h9-10H,2-6H2,1H3;2-5H2,1H3;1-2H3. The molecule has 2 rings (SSSR count). The summed E-state index contributed by atoms with van der Waals surface area (Å²) in [5.41, 5.74) is -0.214. The van der Waals surface area contributed by atoms with Gasteiger partial charge >= 0.3 is 0 Å². The van der Waals surface area contributed by atoms with Gasteiger partial charge in [-0.3, -0.25) is 0 Å². The van der Waals surface area contributed by atoms with Crippen LogP contribution in [0.5, 0.6) is 0 Å². The first-order valence-corrected chi connectivity index (χ1v) is 7.21. The average molecular weight is 260 g/mol. The summed E-state index contributed by atoms with van der Waals surface area (Å²) >= 11 is 0. The second kappa shape index (κ2) is 9.73. The molecule has 2 aliphatic heterocycles. The van der Waals surface area contributed by atoms with Crippen LogP contribution in [0.1, 0.15) is 33.1 Å². The van der Waals surface area contributed by atoms with E-state index in [1.165, 1.54) is 25.9 Å². The van der Waals surface area contributed by atoms with Crippen LogP contribution < -0.4 is 0 Å². The van der Waals surface area contributed by atoms with E-state index in [1.54, 1.807) is 0 Å². The molecule has 0 aromatic rings. The maximum atomic E-state index is 8.95. The molecule has 2 saturated heterocycles. The first-order valence-electron chi connectivity index (χ1n) is 7.21. The van der Waals surface area contributed by atoms with Crippen LogP contribution in [0.4, 0.5) is 0 Å². The summed E-state index contributed by atoms with van der Waals surface area (Å²) in [6.45, 7) is 8.66. The summed E-state index contributed by atoms with van der Waals surface area (Å²) in [7, 11) is 4.18. The van der Waals surface area contributed by atoms with Gasteiger partial charge in [-0.05, 0) is 53.0 Å². The Kier molecular flexibility index (Phi) is 9.64. The SMILES string of the molecule is CC.CN1CCC(CO)(CO)C1.CN1CCCC1. The molecule has 18 heavy (non-hydrogen) atoms. The molecule has 0 aromatic carbocycles. The zero-order valence-corrected chi connectivity index (χ0v) is 12.7. The molecule has 0 saturated carbocycles. The van der Waals surface area contributed by atoms with Gasteiger partial charge in [0.25, 0.3) is 0 Å². The van der Waals surface area contributed by atoms with Crippen LogP contribution in [0.25, 0.3) is 0 Å². The summed E-state index contributed by atoms with van der Waals surface area (Å²) in [5, 5.41) is 17.9. The average Bonchev–Trinajstić information content (AvgIpc) is 3.02. The number of hydrogen-bond acceptors (Lipinski definition) is 4. The monoisotopic (exact) mass is 260 g/mol. The normalized spacial score (nSPS) is 23.0.